The highest BCUT2D eigenvalue weighted by molar-refractivity contribution is 5.79. The zero-order chi connectivity index (χ0) is 11.4. The number of nitrogens with two attached hydrogens (primary N) is 1. The minimum absolute atomic E-state index is 0.258. The number of carbonyl (C=O) groups excluding carboxylic acids is 1. The zero-order valence-electron chi connectivity index (χ0n) is 9.14. The van der Waals surface area contributed by atoms with Gasteiger partial charge in [0.2, 0.25) is 5.91 Å². The van der Waals surface area contributed by atoms with E-state index >= 15 is 0 Å². The molecule has 0 bridgehead atoms. The lowest BCUT2D eigenvalue weighted by Gasteiger charge is -2.38. The largest absolute Gasteiger partial charge is 0.378 e. The molecule has 0 aromatic rings. The lowest BCUT2D eigenvalue weighted by atomic mass is 10.0. The van der Waals surface area contributed by atoms with E-state index in [2.05, 4.69) is 0 Å². The van der Waals surface area contributed by atoms with Crippen LogP contribution < -0.4 is 5.73 Å². The SMILES string of the molecule is COC1CC(OC)C(OC)C(C(N)=O)O1. The lowest BCUT2D eigenvalue weighted by Crippen LogP contribution is -2.55. The Kier molecular flexibility index (Phi) is 4.46. The van der Waals surface area contributed by atoms with Crippen molar-refractivity contribution in [1.82, 2.24) is 0 Å². The molecular weight excluding hydrogens is 202 g/mol. The average Bonchev–Trinajstić information content (AvgIpc) is 2.26. The van der Waals surface area contributed by atoms with Crippen molar-refractivity contribution < 1.29 is 23.7 Å². The summed E-state index contributed by atoms with van der Waals surface area (Å²) in [7, 11) is 4.54. The van der Waals surface area contributed by atoms with Gasteiger partial charge in [-0.05, 0) is 0 Å². The molecule has 6 heteroatoms. The van der Waals surface area contributed by atoms with Crippen LogP contribution in [0, 0.1) is 0 Å². The second-order valence-electron chi connectivity index (χ2n) is 3.33. The molecule has 1 heterocycles. The van der Waals surface area contributed by atoms with E-state index in [-0.39, 0.29) is 6.10 Å². The Labute approximate surface area is 88.6 Å². The number of carbonyl (C=O) groups is 1. The van der Waals surface area contributed by atoms with Crippen molar-refractivity contribution in [2.24, 2.45) is 5.73 Å². The first-order valence-electron chi connectivity index (χ1n) is 4.67. The number of methoxy groups -OCH3 is 3. The van der Waals surface area contributed by atoms with E-state index in [1.165, 1.54) is 14.2 Å². The quantitative estimate of drug-likeness (QED) is 0.673. The normalized spacial score (nSPS) is 36.5. The first kappa shape index (κ1) is 12.4. The smallest absolute Gasteiger partial charge is 0.249 e. The van der Waals surface area contributed by atoms with E-state index < -0.39 is 24.4 Å². The molecule has 0 radical (unpaired) electrons. The molecule has 4 atom stereocenters. The Hall–Kier alpha value is -0.690. The van der Waals surface area contributed by atoms with Gasteiger partial charge in [-0.3, -0.25) is 4.79 Å². The summed E-state index contributed by atoms with van der Waals surface area (Å²) in [5, 5.41) is 0. The van der Waals surface area contributed by atoms with E-state index in [4.69, 9.17) is 24.7 Å². The van der Waals surface area contributed by atoms with Gasteiger partial charge in [0, 0.05) is 27.8 Å². The number of ether oxygens (including phenoxy) is 4. The van der Waals surface area contributed by atoms with Crippen LogP contribution >= 0.6 is 0 Å². The Morgan fingerprint density at radius 1 is 1.27 bits per heavy atom. The summed E-state index contributed by atoms with van der Waals surface area (Å²) in [4.78, 5) is 11.2. The van der Waals surface area contributed by atoms with Crippen LogP contribution in [0.25, 0.3) is 0 Å². The maximum Gasteiger partial charge on any atom is 0.249 e. The van der Waals surface area contributed by atoms with Crippen molar-refractivity contribution >= 4 is 5.91 Å². The molecule has 1 saturated heterocycles. The van der Waals surface area contributed by atoms with E-state index in [1.807, 2.05) is 0 Å². The van der Waals surface area contributed by atoms with Gasteiger partial charge in [0.25, 0.3) is 0 Å². The summed E-state index contributed by atoms with van der Waals surface area (Å²) < 4.78 is 20.7. The molecule has 2 N–H and O–H groups in total. The summed E-state index contributed by atoms with van der Waals surface area (Å²) in [6.07, 6.45) is -1.56. The maximum atomic E-state index is 11.2. The molecule has 1 rings (SSSR count). The summed E-state index contributed by atoms with van der Waals surface area (Å²) in [6, 6.07) is 0. The molecule has 1 aliphatic rings. The monoisotopic (exact) mass is 219 g/mol. The predicted molar refractivity (Wildman–Crippen MR) is 51.1 cm³/mol. The van der Waals surface area contributed by atoms with Gasteiger partial charge in [0.1, 0.15) is 6.10 Å². The molecule has 0 aromatic heterocycles. The van der Waals surface area contributed by atoms with Gasteiger partial charge in [-0.25, -0.2) is 0 Å². The second kappa shape index (κ2) is 5.41. The number of hydrogen-bond donors (Lipinski definition) is 1. The fourth-order valence-corrected chi connectivity index (χ4v) is 1.70. The van der Waals surface area contributed by atoms with Gasteiger partial charge in [-0.1, -0.05) is 0 Å². The maximum absolute atomic E-state index is 11.2. The first-order valence-corrected chi connectivity index (χ1v) is 4.67. The van der Waals surface area contributed by atoms with Crippen molar-refractivity contribution in [1.29, 1.82) is 0 Å². The van der Waals surface area contributed by atoms with Crippen molar-refractivity contribution in [2.45, 2.75) is 31.0 Å². The topological polar surface area (TPSA) is 80.0 Å². The van der Waals surface area contributed by atoms with Crippen LogP contribution in [-0.4, -0.2) is 51.8 Å². The van der Waals surface area contributed by atoms with Crippen LogP contribution in [0.3, 0.4) is 0 Å². The van der Waals surface area contributed by atoms with Crippen molar-refractivity contribution in [3.8, 4) is 0 Å². The molecule has 88 valence electrons. The molecule has 15 heavy (non-hydrogen) atoms. The van der Waals surface area contributed by atoms with Crippen LogP contribution in [0.5, 0.6) is 0 Å². The zero-order valence-corrected chi connectivity index (χ0v) is 9.14. The van der Waals surface area contributed by atoms with Crippen molar-refractivity contribution in [3.05, 3.63) is 0 Å². The Morgan fingerprint density at radius 2 is 1.93 bits per heavy atom. The minimum atomic E-state index is -0.835. The van der Waals surface area contributed by atoms with Gasteiger partial charge in [0.15, 0.2) is 12.4 Å². The van der Waals surface area contributed by atoms with Crippen molar-refractivity contribution in [2.75, 3.05) is 21.3 Å². The van der Waals surface area contributed by atoms with E-state index in [0.29, 0.717) is 6.42 Å². The Morgan fingerprint density at radius 3 is 2.33 bits per heavy atom. The summed E-state index contributed by atoms with van der Waals surface area (Å²) in [5.74, 6) is -0.578. The third-order valence-corrected chi connectivity index (χ3v) is 2.51. The molecule has 4 unspecified atom stereocenters. The van der Waals surface area contributed by atoms with Gasteiger partial charge in [-0.2, -0.15) is 0 Å². The molecule has 0 spiro atoms. The van der Waals surface area contributed by atoms with Crippen LogP contribution in [0.2, 0.25) is 0 Å². The van der Waals surface area contributed by atoms with E-state index in [1.54, 1.807) is 7.11 Å². The van der Waals surface area contributed by atoms with Crippen LogP contribution in [-0.2, 0) is 23.7 Å². The number of rotatable bonds is 4. The highest BCUT2D eigenvalue weighted by Crippen LogP contribution is 2.24. The third-order valence-electron chi connectivity index (χ3n) is 2.51. The Bertz CT molecular complexity index is 223. The fraction of sp³-hybridized carbons (Fsp3) is 0.889. The molecule has 1 aliphatic heterocycles. The fourth-order valence-electron chi connectivity index (χ4n) is 1.70. The average molecular weight is 219 g/mol. The van der Waals surface area contributed by atoms with Gasteiger partial charge < -0.3 is 24.7 Å². The molecule has 1 amide bonds. The van der Waals surface area contributed by atoms with Gasteiger partial charge >= 0.3 is 0 Å². The molecule has 0 aliphatic carbocycles. The third kappa shape index (κ3) is 2.66. The number of primary amides is 1. The van der Waals surface area contributed by atoms with E-state index in [0.717, 1.165) is 0 Å². The highest BCUT2D eigenvalue weighted by Gasteiger charge is 2.42. The molecule has 6 nitrogen and oxygen atoms in total. The summed E-state index contributed by atoms with van der Waals surface area (Å²) >= 11 is 0. The number of amides is 1. The van der Waals surface area contributed by atoms with Crippen LogP contribution in [0.15, 0.2) is 0 Å². The molecule has 0 saturated carbocycles. The van der Waals surface area contributed by atoms with Crippen molar-refractivity contribution in [3.63, 3.8) is 0 Å². The molecule has 1 fully saturated rings. The summed E-state index contributed by atoms with van der Waals surface area (Å²) in [6.45, 7) is 0. The standard InChI is InChI=1S/C9H17NO5/c1-12-5-4-6(13-2)15-8(9(10)11)7(5)14-3/h5-8H,4H2,1-3H3,(H2,10,11). The minimum Gasteiger partial charge on any atom is -0.378 e. The number of hydrogen-bond acceptors (Lipinski definition) is 5. The van der Waals surface area contributed by atoms with Gasteiger partial charge in [-0.15, -0.1) is 0 Å². The van der Waals surface area contributed by atoms with Gasteiger partial charge in [0.05, 0.1) is 6.10 Å². The first-order chi connectivity index (χ1) is 7.13. The van der Waals surface area contributed by atoms with Crippen LogP contribution in [0.4, 0.5) is 0 Å². The predicted octanol–water partition coefficient (Wildman–Crippen LogP) is -0.737. The second-order valence-corrected chi connectivity index (χ2v) is 3.33. The Balaban J connectivity index is 2.77. The van der Waals surface area contributed by atoms with Crippen LogP contribution in [0.1, 0.15) is 6.42 Å². The molecular formula is C9H17NO5. The summed E-state index contributed by atoms with van der Waals surface area (Å²) in [5.41, 5.74) is 5.21. The lowest BCUT2D eigenvalue weighted by molar-refractivity contribution is -0.246. The van der Waals surface area contributed by atoms with E-state index in [9.17, 15) is 4.79 Å². The molecule has 0 aromatic carbocycles. The highest BCUT2D eigenvalue weighted by atomic mass is 16.7.